The summed E-state index contributed by atoms with van der Waals surface area (Å²) in [5.74, 6) is -0.594. The standard InChI is InChI=1S/C18H19FN2O2/c1-3-20(4-2)18(23)16(21-12-6-5-7-17(21)22)13-14-8-10-15(19)11-9-14/h5-13H,3-4H2,1-2H3. The number of nitrogens with zero attached hydrogens (tertiary/aromatic N) is 2. The molecule has 2 aromatic rings. The van der Waals surface area contributed by atoms with Gasteiger partial charge in [-0.2, -0.15) is 0 Å². The van der Waals surface area contributed by atoms with Crippen molar-refractivity contribution in [3.63, 3.8) is 0 Å². The molecule has 0 aliphatic heterocycles. The molecule has 0 radical (unpaired) electrons. The molecule has 1 heterocycles. The van der Waals surface area contributed by atoms with Gasteiger partial charge in [-0.15, -0.1) is 0 Å². The second-order valence-corrected chi connectivity index (χ2v) is 4.97. The van der Waals surface area contributed by atoms with Crippen LogP contribution in [0.5, 0.6) is 0 Å². The van der Waals surface area contributed by atoms with Gasteiger partial charge >= 0.3 is 0 Å². The molecule has 0 aliphatic rings. The van der Waals surface area contributed by atoms with E-state index in [2.05, 4.69) is 0 Å². The minimum atomic E-state index is -0.351. The summed E-state index contributed by atoms with van der Waals surface area (Å²) < 4.78 is 14.4. The molecule has 0 fully saturated rings. The monoisotopic (exact) mass is 314 g/mol. The van der Waals surface area contributed by atoms with Gasteiger partial charge in [0.15, 0.2) is 0 Å². The van der Waals surface area contributed by atoms with E-state index in [-0.39, 0.29) is 23.0 Å². The Morgan fingerprint density at radius 1 is 1.13 bits per heavy atom. The van der Waals surface area contributed by atoms with Crippen molar-refractivity contribution in [3.05, 3.63) is 70.4 Å². The Balaban J connectivity index is 2.56. The molecule has 0 N–H and O–H groups in total. The van der Waals surface area contributed by atoms with Gasteiger partial charge in [-0.25, -0.2) is 4.39 Å². The van der Waals surface area contributed by atoms with Gasteiger partial charge in [0.05, 0.1) is 0 Å². The van der Waals surface area contributed by atoms with Crippen LogP contribution in [-0.2, 0) is 4.79 Å². The third-order valence-electron chi connectivity index (χ3n) is 3.53. The quantitative estimate of drug-likeness (QED) is 0.796. The average Bonchev–Trinajstić information content (AvgIpc) is 2.56. The molecule has 0 saturated carbocycles. The zero-order valence-corrected chi connectivity index (χ0v) is 13.2. The summed E-state index contributed by atoms with van der Waals surface area (Å²) in [6.07, 6.45) is 3.15. The van der Waals surface area contributed by atoms with Crippen LogP contribution in [0.25, 0.3) is 11.8 Å². The van der Waals surface area contributed by atoms with Crippen molar-refractivity contribution < 1.29 is 9.18 Å². The molecular formula is C18H19FN2O2. The highest BCUT2D eigenvalue weighted by atomic mass is 19.1. The molecule has 4 nitrogen and oxygen atoms in total. The molecule has 5 heteroatoms. The number of rotatable bonds is 5. The Hall–Kier alpha value is -2.69. The number of amides is 1. The Labute approximate surface area is 134 Å². The van der Waals surface area contributed by atoms with Crippen LogP contribution in [0.4, 0.5) is 4.39 Å². The molecule has 23 heavy (non-hydrogen) atoms. The molecule has 2 rings (SSSR count). The number of halogens is 1. The van der Waals surface area contributed by atoms with Crippen LogP contribution in [0, 0.1) is 5.82 Å². The average molecular weight is 314 g/mol. The fourth-order valence-corrected chi connectivity index (χ4v) is 2.25. The number of pyridine rings is 1. The number of hydrogen-bond donors (Lipinski definition) is 0. The molecule has 0 atom stereocenters. The van der Waals surface area contributed by atoms with E-state index < -0.39 is 0 Å². The SMILES string of the molecule is CCN(CC)C(=O)C(=Cc1ccc(F)cc1)n1ccccc1=O. The van der Waals surface area contributed by atoms with Crippen molar-refractivity contribution in [2.24, 2.45) is 0 Å². The van der Waals surface area contributed by atoms with E-state index in [1.54, 1.807) is 41.4 Å². The van der Waals surface area contributed by atoms with Gasteiger partial charge in [0.1, 0.15) is 11.5 Å². The Kier molecular flexibility index (Phi) is 5.46. The minimum absolute atomic E-state index is 0.242. The van der Waals surface area contributed by atoms with Crippen molar-refractivity contribution in [1.82, 2.24) is 9.47 Å². The normalized spacial score (nSPS) is 11.3. The fourth-order valence-electron chi connectivity index (χ4n) is 2.25. The third-order valence-corrected chi connectivity index (χ3v) is 3.53. The van der Waals surface area contributed by atoms with E-state index in [1.165, 1.54) is 22.8 Å². The minimum Gasteiger partial charge on any atom is -0.338 e. The van der Waals surface area contributed by atoms with Crippen LogP contribution in [0.1, 0.15) is 19.4 Å². The predicted octanol–water partition coefficient (Wildman–Crippen LogP) is 2.85. The van der Waals surface area contributed by atoms with Gasteiger partial charge in [-0.05, 0) is 43.7 Å². The van der Waals surface area contributed by atoms with Crippen LogP contribution in [-0.4, -0.2) is 28.5 Å². The molecule has 0 saturated heterocycles. The lowest BCUT2D eigenvalue weighted by Gasteiger charge is -2.21. The van der Waals surface area contributed by atoms with Crippen molar-refractivity contribution in [2.75, 3.05) is 13.1 Å². The van der Waals surface area contributed by atoms with Crippen LogP contribution in [0.15, 0.2) is 53.5 Å². The van der Waals surface area contributed by atoms with Crippen LogP contribution in [0.2, 0.25) is 0 Å². The maximum absolute atomic E-state index is 13.1. The first-order valence-electron chi connectivity index (χ1n) is 7.51. The van der Waals surface area contributed by atoms with Gasteiger partial charge in [-0.1, -0.05) is 18.2 Å². The number of hydrogen-bond acceptors (Lipinski definition) is 2. The highest BCUT2D eigenvalue weighted by Crippen LogP contribution is 2.14. The second kappa shape index (κ2) is 7.54. The van der Waals surface area contributed by atoms with Gasteiger partial charge in [0.25, 0.3) is 11.5 Å². The molecule has 0 spiro atoms. The number of likely N-dealkylation sites (N-methyl/N-ethyl adjacent to an activating group) is 1. The molecule has 120 valence electrons. The predicted molar refractivity (Wildman–Crippen MR) is 89.2 cm³/mol. The number of benzene rings is 1. The highest BCUT2D eigenvalue weighted by molar-refractivity contribution is 6.18. The first-order chi connectivity index (χ1) is 11.1. The zero-order valence-electron chi connectivity index (χ0n) is 13.2. The number of aromatic nitrogens is 1. The van der Waals surface area contributed by atoms with Crippen LogP contribution >= 0.6 is 0 Å². The maximum atomic E-state index is 13.1. The first kappa shape index (κ1) is 16.7. The number of carbonyl (C=O) groups excluding carboxylic acids is 1. The largest absolute Gasteiger partial charge is 0.338 e. The van der Waals surface area contributed by atoms with Crippen molar-refractivity contribution in [1.29, 1.82) is 0 Å². The van der Waals surface area contributed by atoms with E-state index in [4.69, 9.17) is 0 Å². The molecule has 0 unspecified atom stereocenters. The summed E-state index contributed by atoms with van der Waals surface area (Å²) >= 11 is 0. The lowest BCUT2D eigenvalue weighted by Crippen LogP contribution is -2.35. The number of carbonyl (C=O) groups is 1. The Bertz CT molecular complexity index is 759. The van der Waals surface area contributed by atoms with Gasteiger partial charge in [0.2, 0.25) is 0 Å². The summed E-state index contributed by atoms with van der Waals surface area (Å²) in [5.41, 5.74) is 0.602. The van der Waals surface area contributed by atoms with E-state index >= 15 is 0 Å². The van der Waals surface area contributed by atoms with Gasteiger partial charge in [-0.3, -0.25) is 14.2 Å². The lowest BCUT2D eigenvalue weighted by atomic mass is 10.1. The topological polar surface area (TPSA) is 42.3 Å². The van der Waals surface area contributed by atoms with E-state index in [9.17, 15) is 14.0 Å². The summed E-state index contributed by atoms with van der Waals surface area (Å²) in [6, 6.07) is 10.5. The summed E-state index contributed by atoms with van der Waals surface area (Å²) in [6.45, 7) is 4.84. The molecule has 1 aromatic heterocycles. The van der Waals surface area contributed by atoms with Crippen LogP contribution in [0.3, 0.4) is 0 Å². The summed E-state index contributed by atoms with van der Waals surface area (Å²) in [7, 11) is 0. The first-order valence-corrected chi connectivity index (χ1v) is 7.51. The maximum Gasteiger partial charge on any atom is 0.270 e. The Morgan fingerprint density at radius 2 is 1.78 bits per heavy atom. The van der Waals surface area contributed by atoms with Crippen molar-refractivity contribution >= 4 is 17.7 Å². The molecular weight excluding hydrogens is 295 g/mol. The molecule has 1 amide bonds. The smallest absolute Gasteiger partial charge is 0.270 e. The second-order valence-electron chi connectivity index (χ2n) is 4.97. The zero-order chi connectivity index (χ0) is 16.8. The van der Waals surface area contributed by atoms with Crippen molar-refractivity contribution in [2.45, 2.75) is 13.8 Å². The van der Waals surface area contributed by atoms with Crippen LogP contribution < -0.4 is 5.56 Å². The summed E-state index contributed by atoms with van der Waals surface area (Å²) in [4.78, 5) is 26.5. The van der Waals surface area contributed by atoms with Gasteiger partial charge in [0, 0.05) is 25.4 Å². The third kappa shape index (κ3) is 3.94. The van der Waals surface area contributed by atoms with E-state index in [0.29, 0.717) is 18.7 Å². The fraction of sp³-hybridized carbons (Fsp3) is 0.222. The molecule has 1 aromatic carbocycles. The summed E-state index contributed by atoms with van der Waals surface area (Å²) in [5, 5.41) is 0. The van der Waals surface area contributed by atoms with E-state index in [1.807, 2.05) is 13.8 Å². The Morgan fingerprint density at radius 3 is 2.35 bits per heavy atom. The van der Waals surface area contributed by atoms with Gasteiger partial charge < -0.3 is 4.90 Å². The molecule has 0 aliphatic carbocycles. The highest BCUT2D eigenvalue weighted by Gasteiger charge is 2.18. The lowest BCUT2D eigenvalue weighted by molar-refractivity contribution is -0.125. The molecule has 0 bridgehead atoms. The van der Waals surface area contributed by atoms with Crippen molar-refractivity contribution in [3.8, 4) is 0 Å². The van der Waals surface area contributed by atoms with E-state index in [0.717, 1.165) is 0 Å².